The van der Waals surface area contributed by atoms with Gasteiger partial charge in [0.1, 0.15) is 5.69 Å². The highest BCUT2D eigenvalue weighted by molar-refractivity contribution is 5.94. The van der Waals surface area contributed by atoms with E-state index in [2.05, 4.69) is 36.0 Å². The summed E-state index contributed by atoms with van der Waals surface area (Å²) < 4.78 is 38.1. The number of benzene rings is 1. The lowest BCUT2D eigenvalue weighted by Crippen LogP contribution is -2.33. The van der Waals surface area contributed by atoms with E-state index >= 15 is 0 Å². The Morgan fingerprint density at radius 2 is 1.83 bits per heavy atom. The highest BCUT2D eigenvalue weighted by atomic mass is 35.5. The van der Waals surface area contributed by atoms with Gasteiger partial charge in [-0.25, -0.2) is 0 Å². The Labute approximate surface area is 174 Å². The van der Waals surface area contributed by atoms with Crippen LogP contribution in [0.1, 0.15) is 33.2 Å². The van der Waals surface area contributed by atoms with Gasteiger partial charge in [-0.1, -0.05) is 24.3 Å². The van der Waals surface area contributed by atoms with Gasteiger partial charge >= 0.3 is 6.18 Å². The molecule has 1 amide bonds. The van der Waals surface area contributed by atoms with Crippen LogP contribution in [0.5, 0.6) is 0 Å². The predicted molar refractivity (Wildman–Crippen MR) is 106 cm³/mol. The van der Waals surface area contributed by atoms with Gasteiger partial charge in [0.15, 0.2) is 0 Å². The Kier molecular flexibility index (Phi) is 5.92. The van der Waals surface area contributed by atoms with Crippen molar-refractivity contribution in [1.82, 2.24) is 14.8 Å². The summed E-state index contributed by atoms with van der Waals surface area (Å²) in [5, 5.41) is 0. The van der Waals surface area contributed by atoms with Crippen molar-refractivity contribution < 1.29 is 18.0 Å². The molecule has 3 heterocycles. The lowest BCUT2D eigenvalue weighted by molar-refractivity contribution is -0.141. The summed E-state index contributed by atoms with van der Waals surface area (Å²) in [4.78, 5) is 20.4. The lowest BCUT2D eigenvalue weighted by atomic mass is 9.88. The van der Waals surface area contributed by atoms with E-state index in [1.54, 1.807) is 4.90 Å². The number of hydrogen-bond donors (Lipinski definition) is 0. The standard InChI is InChI=1S/C21H22F3N3O.ClH/c1-13-5-3-4-6-16(13)19-17-12-27(11-15(17)10-26(19)2)20(28)14-7-8-18(25-9-14)21(22,23)24;/h3-9,15,17,19H,10-12H2,1-2H3;1H/t15-,17+,19-;/m0./s1. The number of hydrogen-bond acceptors (Lipinski definition) is 3. The van der Waals surface area contributed by atoms with Gasteiger partial charge in [0, 0.05) is 37.8 Å². The first-order valence-electron chi connectivity index (χ1n) is 9.34. The van der Waals surface area contributed by atoms with Crippen molar-refractivity contribution in [3.63, 3.8) is 0 Å². The van der Waals surface area contributed by atoms with Gasteiger partial charge in [-0.2, -0.15) is 13.2 Å². The molecule has 0 spiro atoms. The third-order valence-electron chi connectivity index (χ3n) is 5.99. The van der Waals surface area contributed by atoms with Crippen molar-refractivity contribution in [3.8, 4) is 0 Å². The van der Waals surface area contributed by atoms with Crippen LogP contribution in [0.25, 0.3) is 0 Å². The molecule has 4 nitrogen and oxygen atoms in total. The second-order valence-electron chi connectivity index (χ2n) is 7.80. The number of fused-ring (bicyclic) bond motifs is 1. The number of aromatic nitrogens is 1. The van der Waals surface area contributed by atoms with Crippen LogP contribution < -0.4 is 0 Å². The van der Waals surface area contributed by atoms with Crippen molar-refractivity contribution in [2.75, 3.05) is 26.7 Å². The first kappa shape index (κ1) is 21.6. The summed E-state index contributed by atoms with van der Waals surface area (Å²) in [6, 6.07) is 10.6. The molecule has 0 N–H and O–H groups in total. The molecular weight excluding hydrogens is 403 g/mol. The van der Waals surface area contributed by atoms with Crippen molar-refractivity contribution in [3.05, 3.63) is 65.0 Å². The molecule has 156 valence electrons. The van der Waals surface area contributed by atoms with Crippen molar-refractivity contribution in [2.45, 2.75) is 19.1 Å². The fourth-order valence-electron chi connectivity index (χ4n) is 4.68. The predicted octanol–water partition coefficient (Wildman–Crippen LogP) is 4.21. The molecule has 2 aliphatic heterocycles. The Morgan fingerprint density at radius 1 is 1.10 bits per heavy atom. The minimum atomic E-state index is -4.50. The normalized spacial score (nSPS) is 24.3. The quantitative estimate of drug-likeness (QED) is 0.723. The van der Waals surface area contributed by atoms with Crippen molar-refractivity contribution in [1.29, 1.82) is 0 Å². The van der Waals surface area contributed by atoms with E-state index in [4.69, 9.17) is 0 Å². The summed E-state index contributed by atoms with van der Waals surface area (Å²) in [7, 11) is 2.11. The topological polar surface area (TPSA) is 36.4 Å². The Bertz CT molecular complexity index is 887. The molecule has 0 bridgehead atoms. The molecule has 4 rings (SSSR count). The number of pyridine rings is 1. The summed E-state index contributed by atoms with van der Waals surface area (Å²) in [6.45, 7) is 4.23. The maximum atomic E-state index is 12.8. The second-order valence-corrected chi connectivity index (χ2v) is 7.80. The Balaban J connectivity index is 0.00000240. The molecule has 1 aromatic carbocycles. The molecule has 0 saturated carbocycles. The smallest absolute Gasteiger partial charge is 0.338 e. The lowest BCUT2D eigenvalue weighted by Gasteiger charge is -2.28. The molecule has 2 aromatic rings. The van der Waals surface area contributed by atoms with Crippen LogP contribution >= 0.6 is 12.4 Å². The molecule has 8 heteroatoms. The highest BCUT2D eigenvalue weighted by Gasteiger charge is 2.47. The Morgan fingerprint density at radius 3 is 2.45 bits per heavy atom. The van der Waals surface area contributed by atoms with Crippen LogP contribution in [-0.2, 0) is 6.18 Å². The van der Waals surface area contributed by atoms with Gasteiger partial charge in [0.2, 0.25) is 0 Å². The molecular formula is C21H23ClF3N3O. The summed E-state index contributed by atoms with van der Waals surface area (Å²) in [5.41, 5.74) is 1.73. The third kappa shape index (κ3) is 3.98. The molecule has 0 unspecified atom stereocenters. The number of likely N-dealkylation sites (tertiary alicyclic amines) is 2. The molecule has 1 aromatic heterocycles. The van der Waals surface area contributed by atoms with Crippen LogP contribution in [0.4, 0.5) is 13.2 Å². The third-order valence-corrected chi connectivity index (χ3v) is 5.99. The molecule has 2 fully saturated rings. The number of carbonyl (C=O) groups excluding carboxylic acids is 1. The number of halogens is 4. The minimum absolute atomic E-state index is 0. The van der Waals surface area contributed by atoms with E-state index in [1.165, 1.54) is 17.2 Å². The fourth-order valence-corrected chi connectivity index (χ4v) is 4.68. The van der Waals surface area contributed by atoms with Crippen LogP contribution in [-0.4, -0.2) is 47.4 Å². The van der Waals surface area contributed by atoms with Crippen molar-refractivity contribution >= 4 is 18.3 Å². The average molecular weight is 426 g/mol. The number of carbonyl (C=O) groups is 1. The second kappa shape index (κ2) is 7.95. The average Bonchev–Trinajstić information content (AvgIpc) is 3.18. The number of aryl methyl sites for hydroxylation is 1. The zero-order valence-corrected chi connectivity index (χ0v) is 17.0. The van der Waals surface area contributed by atoms with Gasteiger partial charge in [0.05, 0.1) is 5.56 Å². The maximum absolute atomic E-state index is 12.8. The molecule has 0 aliphatic carbocycles. The zero-order chi connectivity index (χ0) is 20.1. The van der Waals surface area contributed by atoms with Gasteiger partial charge in [-0.3, -0.25) is 14.7 Å². The van der Waals surface area contributed by atoms with E-state index in [1.807, 2.05) is 12.1 Å². The van der Waals surface area contributed by atoms with Gasteiger partial charge in [-0.05, 0) is 43.1 Å². The van der Waals surface area contributed by atoms with E-state index in [0.29, 0.717) is 24.9 Å². The Hall–Kier alpha value is -2.12. The molecule has 0 radical (unpaired) electrons. The molecule has 2 aliphatic rings. The van der Waals surface area contributed by atoms with Crippen LogP contribution in [0.2, 0.25) is 0 Å². The first-order chi connectivity index (χ1) is 13.3. The van der Waals surface area contributed by atoms with Gasteiger partial charge in [-0.15, -0.1) is 12.4 Å². The van der Waals surface area contributed by atoms with Crippen molar-refractivity contribution in [2.24, 2.45) is 11.8 Å². The number of nitrogens with zero attached hydrogens (tertiary/aromatic N) is 3. The SMILES string of the molecule is Cc1ccccc1[C@H]1[C@@H]2CN(C(=O)c3ccc(C(F)(F)F)nc3)C[C@@H]2CN1C.Cl. The monoisotopic (exact) mass is 425 g/mol. The number of alkyl halides is 3. The van der Waals surface area contributed by atoms with Crippen LogP contribution in [0.3, 0.4) is 0 Å². The van der Waals surface area contributed by atoms with E-state index in [0.717, 1.165) is 18.8 Å². The molecule has 3 atom stereocenters. The maximum Gasteiger partial charge on any atom is 0.433 e. The highest BCUT2D eigenvalue weighted by Crippen LogP contribution is 2.45. The number of amides is 1. The number of rotatable bonds is 2. The summed E-state index contributed by atoms with van der Waals surface area (Å²) >= 11 is 0. The summed E-state index contributed by atoms with van der Waals surface area (Å²) in [6.07, 6.45) is -3.47. The largest absolute Gasteiger partial charge is 0.433 e. The van der Waals surface area contributed by atoms with Gasteiger partial charge in [0.25, 0.3) is 5.91 Å². The van der Waals surface area contributed by atoms with E-state index in [9.17, 15) is 18.0 Å². The van der Waals surface area contributed by atoms with Gasteiger partial charge < -0.3 is 4.90 Å². The van der Waals surface area contributed by atoms with Crippen LogP contribution in [0.15, 0.2) is 42.6 Å². The minimum Gasteiger partial charge on any atom is -0.338 e. The fraction of sp³-hybridized carbons (Fsp3) is 0.429. The molecule has 2 saturated heterocycles. The van der Waals surface area contributed by atoms with E-state index < -0.39 is 11.9 Å². The molecule has 29 heavy (non-hydrogen) atoms. The van der Waals surface area contributed by atoms with E-state index in [-0.39, 0.29) is 29.9 Å². The summed E-state index contributed by atoms with van der Waals surface area (Å²) in [5.74, 6) is 0.431. The zero-order valence-electron chi connectivity index (χ0n) is 16.2. The van der Waals surface area contributed by atoms with Crippen LogP contribution in [0, 0.1) is 18.8 Å². The first-order valence-corrected chi connectivity index (χ1v) is 9.34.